The van der Waals surface area contributed by atoms with Crippen LogP contribution in [0.4, 0.5) is 0 Å². The van der Waals surface area contributed by atoms with Crippen LogP contribution >= 0.6 is 0 Å². The van der Waals surface area contributed by atoms with E-state index < -0.39 is 0 Å². The van der Waals surface area contributed by atoms with Crippen molar-refractivity contribution in [1.82, 2.24) is 20.2 Å². The zero-order chi connectivity index (χ0) is 19.8. The van der Waals surface area contributed by atoms with Crippen molar-refractivity contribution in [3.8, 4) is 5.88 Å². The van der Waals surface area contributed by atoms with E-state index in [2.05, 4.69) is 20.2 Å². The molecule has 29 heavy (non-hydrogen) atoms. The minimum Gasteiger partial charge on any atom is -0.494 e. The third kappa shape index (κ3) is 2.96. The first-order valence-corrected chi connectivity index (χ1v) is 9.11. The lowest BCUT2D eigenvalue weighted by atomic mass is 10.0. The standard InChI is InChI=1S/C23H16N4O2/c28-22(21-17-3-1-2-4-18(17)25-23(21)29)15-6-7-16-19(26-27-20(16)13-15)8-5-14-9-11-24-12-10-14/h1-13,25,29H,(H,26,27)/b8-5+. The van der Waals surface area contributed by atoms with Crippen LogP contribution in [0, 0.1) is 0 Å². The Bertz CT molecular complexity index is 1380. The molecule has 0 bridgehead atoms. The molecule has 0 saturated carbocycles. The Labute approximate surface area is 165 Å². The maximum atomic E-state index is 13.1. The van der Waals surface area contributed by atoms with E-state index in [9.17, 15) is 9.90 Å². The number of ketones is 1. The van der Waals surface area contributed by atoms with Crippen molar-refractivity contribution in [2.45, 2.75) is 0 Å². The first-order valence-electron chi connectivity index (χ1n) is 9.11. The molecule has 0 unspecified atom stereocenters. The van der Waals surface area contributed by atoms with Crippen LogP contribution in [0.1, 0.15) is 27.2 Å². The number of H-pyrrole nitrogens is 2. The number of nitrogens with one attached hydrogen (secondary N) is 2. The normalized spacial score (nSPS) is 11.6. The van der Waals surface area contributed by atoms with Crippen LogP contribution in [-0.4, -0.2) is 31.1 Å². The number of nitrogens with zero attached hydrogens (tertiary/aromatic N) is 2. The maximum Gasteiger partial charge on any atom is 0.200 e. The van der Waals surface area contributed by atoms with Crippen LogP contribution in [0.3, 0.4) is 0 Å². The molecule has 3 aromatic heterocycles. The molecule has 3 N–H and O–H groups in total. The van der Waals surface area contributed by atoms with E-state index in [1.807, 2.05) is 54.6 Å². The molecule has 0 spiro atoms. The molecular weight excluding hydrogens is 364 g/mol. The van der Waals surface area contributed by atoms with E-state index in [-0.39, 0.29) is 17.2 Å². The SMILES string of the molecule is O=C(c1ccc2c(/C=C/c3ccncc3)n[nH]c2c1)c1c(O)[nH]c2ccccc12. The van der Waals surface area contributed by atoms with Gasteiger partial charge in [-0.25, -0.2) is 0 Å². The molecule has 5 rings (SSSR count). The number of pyridine rings is 1. The molecule has 0 aliphatic rings. The first-order chi connectivity index (χ1) is 14.2. The van der Waals surface area contributed by atoms with Crippen LogP contribution in [0.25, 0.3) is 34.0 Å². The van der Waals surface area contributed by atoms with Crippen LogP contribution < -0.4 is 0 Å². The maximum absolute atomic E-state index is 13.1. The molecule has 0 aliphatic heterocycles. The Kier molecular flexibility index (Phi) is 3.95. The van der Waals surface area contributed by atoms with Crippen LogP contribution in [0.15, 0.2) is 67.0 Å². The van der Waals surface area contributed by atoms with E-state index in [4.69, 9.17) is 0 Å². The van der Waals surface area contributed by atoms with E-state index in [1.54, 1.807) is 24.5 Å². The van der Waals surface area contributed by atoms with Crippen LogP contribution in [0.5, 0.6) is 5.88 Å². The average molecular weight is 380 g/mol. The number of aromatic hydroxyl groups is 1. The number of aromatic nitrogens is 4. The molecule has 0 aliphatic carbocycles. The Hall–Kier alpha value is -4.19. The lowest BCUT2D eigenvalue weighted by Gasteiger charge is -2.01. The fraction of sp³-hybridized carbons (Fsp3) is 0. The van der Waals surface area contributed by atoms with Crippen LogP contribution in [-0.2, 0) is 0 Å². The molecule has 0 fully saturated rings. The van der Waals surface area contributed by atoms with Gasteiger partial charge >= 0.3 is 0 Å². The number of hydrogen-bond donors (Lipinski definition) is 3. The van der Waals surface area contributed by atoms with Crippen molar-refractivity contribution in [1.29, 1.82) is 0 Å². The summed E-state index contributed by atoms with van der Waals surface area (Å²) in [5.41, 5.74) is 4.04. The number of benzene rings is 2. The fourth-order valence-corrected chi connectivity index (χ4v) is 3.46. The molecule has 0 amide bonds. The predicted molar refractivity (Wildman–Crippen MR) is 113 cm³/mol. The molecule has 5 aromatic rings. The third-order valence-corrected chi connectivity index (χ3v) is 4.91. The van der Waals surface area contributed by atoms with E-state index >= 15 is 0 Å². The topological polar surface area (TPSA) is 94.7 Å². The molecule has 6 heteroatoms. The van der Waals surface area contributed by atoms with Gasteiger partial charge in [0.25, 0.3) is 0 Å². The van der Waals surface area contributed by atoms with Gasteiger partial charge in [0.15, 0.2) is 5.78 Å². The highest BCUT2D eigenvalue weighted by Crippen LogP contribution is 2.30. The number of hydrogen-bond acceptors (Lipinski definition) is 4. The van der Waals surface area contributed by atoms with E-state index in [0.29, 0.717) is 10.9 Å². The molecule has 2 aromatic carbocycles. The number of rotatable bonds is 4. The second-order valence-electron chi connectivity index (χ2n) is 6.71. The van der Waals surface area contributed by atoms with Gasteiger partial charge in [0.2, 0.25) is 5.88 Å². The Morgan fingerprint density at radius 1 is 0.931 bits per heavy atom. The van der Waals surface area contributed by atoms with Crippen molar-refractivity contribution in [2.24, 2.45) is 0 Å². The lowest BCUT2D eigenvalue weighted by molar-refractivity contribution is 0.103. The van der Waals surface area contributed by atoms with Crippen molar-refractivity contribution in [2.75, 3.05) is 0 Å². The third-order valence-electron chi connectivity index (χ3n) is 4.91. The molecule has 6 nitrogen and oxygen atoms in total. The number of fused-ring (bicyclic) bond motifs is 2. The highest BCUT2D eigenvalue weighted by molar-refractivity contribution is 6.19. The Morgan fingerprint density at radius 3 is 2.62 bits per heavy atom. The van der Waals surface area contributed by atoms with Gasteiger partial charge in [0, 0.05) is 34.2 Å². The van der Waals surface area contributed by atoms with E-state index in [1.165, 1.54) is 0 Å². The van der Waals surface area contributed by atoms with Gasteiger partial charge in [-0.15, -0.1) is 0 Å². The van der Waals surface area contributed by atoms with Crippen molar-refractivity contribution in [3.05, 3.63) is 89.4 Å². The molecular formula is C23H16N4O2. The van der Waals surface area contributed by atoms with Gasteiger partial charge in [0.1, 0.15) is 0 Å². The van der Waals surface area contributed by atoms with Crippen LogP contribution in [0.2, 0.25) is 0 Å². The van der Waals surface area contributed by atoms with Gasteiger partial charge in [-0.2, -0.15) is 5.10 Å². The summed E-state index contributed by atoms with van der Waals surface area (Å²) in [4.78, 5) is 19.9. The molecule has 140 valence electrons. The van der Waals surface area contributed by atoms with Crippen molar-refractivity contribution in [3.63, 3.8) is 0 Å². The summed E-state index contributed by atoms with van der Waals surface area (Å²) < 4.78 is 0. The Balaban J connectivity index is 1.51. The molecule has 0 radical (unpaired) electrons. The number of para-hydroxylation sites is 1. The van der Waals surface area contributed by atoms with Gasteiger partial charge < -0.3 is 10.1 Å². The summed E-state index contributed by atoms with van der Waals surface area (Å²) in [5, 5.41) is 19.2. The second kappa shape index (κ2) is 6.76. The largest absolute Gasteiger partial charge is 0.494 e. The highest BCUT2D eigenvalue weighted by Gasteiger charge is 2.20. The first kappa shape index (κ1) is 16.9. The molecule has 0 saturated heterocycles. The van der Waals surface area contributed by atoms with E-state index in [0.717, 1.165) is 27.7 Å². The fourth-order valence-electron chi connectivity index (χ4n) is 3.46. The summed E-state index contributed by atoms with van der Waals surface area (Å²) in [6.45, 7) is 0. The number of carbonyl (C=O) groups is 1. The monoisotopic (exact) mass is 380 g/mol. The van der Waals surface area contributed by atoms with Gasteiger partial charge in [-0.3, -0.25) is 14.9 Å². The molecule has 0 atom stereocenters. The van der Waals surface area contributed by atoms with Gasteiger partial charge in [0.05, 0.1) is 16.8 Å². The number of carbonyl (C=O) groups excluding carboxylic acids is 1. The smallest absolute Gasteiger partial charge is 0.200 e. The average Bonchev–Trinajstić information content (AvgIpc) is 3.31. The second-order valence-corrected chi connectivity index (χ2v) is 6.71. The Morgan fingerprint density at radius 2 is 1.76 bits per heavy atom. The van der Waals surface area contributed by atoms with Gasteiger partial charge in [-0.05, 0) is 42.0 Å². The summed E-state index contributed by atoms with van der Waals surface area (Å²) >= 11 is 0. The predicted octanol–water partition coefficient (Wildman–Crippen LogP) is 4.55. The van der Waals surface area contributed by atoms with Crippen molar-refractivity contribution >= 4 is 39.7 Å². The quantitative estimate of drug-likeness (QED) is 0.399. The number of aromatic amines is 2. The van der Waals surface area contributed by atoms with Crippen molar-refractivity contribution < 1.29 is 9.90 Å². The highest BCUT2D eigenvalue weighted by atomic mass is 16.3. The summed E-state index contributed by atoms with van der Waals surface area (Å²) in [6, 6.07) is 16.5. The lowest BCUT2D eigenvalue weighted by Crippen LogP contribution is -2.00. The summed E-state index contributed by atoms with van der Waals surface area (Å²) in [6.07, 6.45) is 7.35. The van der Waals surface area contributed by atoms with Gasteiger partial charge in [-0.1, -0.05) is 30.3 Å². The minimum atomic E-state index is -0.245. The summed E-state index contributed by atoms with van der Waals surface area (Å²) in [7, 11) is 0. The zero-order valence-electron chi connectivity index (χ0n) is 15.3. The minimum absolute atomic E-state index is 0.123. The summed E-state index contributed by atoms with van der Waals surface area (Å²) in [5.74, 6) is -0.368. The molecule has 3 heterocycles. The zero-order valence-corrected chi connectivity index (χ0v) is 15.3.